The Morgan fingerprint density at radius 3 is 2.57 bits per heavy atom. The maximum absolute atomic E-state index is 12.4. The lowest BCUT2D eigenvalue weighted by Gasteiger charge is -2.22. The number of aromatic nitrogens is 3. The summed E-state index contributed by atoms with van der Waals surface area (Å²) in [6.45, 7) is 4.64. The molecule has 0 bridgehead atoms. The first-order chi connectivity index (χ1) is 10.1. The Morgan fingerprint density at radius 2 is 1.95 bits per heavy atom. The molecule has 112 valence electrons. The number of nitrogens with zero attached hydrogens (tertiary/aromatic N) is 3. The van der Waals surface area contributed by atoms with Crippen LogP contribution >= 0.6 is 0 Å². The second kappa shape index (κ2) is 6.88. The van der Waals surface area contributed by atoms with Crippen molar-refractivity contribution < 1.29 is 9.53 Å². The molecular formula is C15H20N4O2. The Labute approximate surface area is 124 Å². The van der Waals surface area contributed by atoms with E-state index in [2.05, 4.69) is 29.4 Å². The number of carbonyl (C=O) groups is 1. The van der Waals surface area contributed by atoms with E-state index in [0.717, 1.165) is 0 Å². The van der Waals surface area contributed by atoms with Crippen LogP contribution in [0, 0.1) is 5.92 Å². The number of para-hydroxylation sites is 1. The lowest BCUT2D eigenvalue weighted by molar-refractivity contribution is 0.0915. The van der Waals surface area contributed by atoms with Crippen LogP contribution in [0.3, 0.4) is 0 Å². The van der Waals surface area contributed by atoms with E-state index in [1.54, 1.807) is 36.4 Å². The van der Waals surface area contributed by atoms with Gasteiger partial charge in [0.2, 0.25) is 0 Å². The number of hydrogen-bond acceptors (Lipinski definition) is 4. The Balaban J connectivity index is 2.11. The zero-order chi connectivity index (χ0) is 15.2. The molecule has 0 aliphatic rings. The fourth-order valence-corrected chi connectivity index (χ4v) is 2.02. The topological polar surface area (TPSA) is 69.0 Å². The summed E-state index contributed by atoms with van der Waals surface area (Å²) in [5, 5.41) is 11.2. The number of methoxy groups -OCH3 is 1. The minimum absolute atomic E-state index is 0.0604. The molecule has 0 aliphatic carbocycles. The highest BCUT2D eigenvalue weighted by atomic mass is 16.5. The van der Waals surface area contributed by atoms with Gasteiger partial charge in [-0.3, -0.25) is 4.79 Å². The summed E-state index contributed by atoms with van der Waals surface area (Å²) in [6.07, 6.45) is 3.25. The second-order valence-electron chi connectivity index (χ2n) is 5.11. The average molecular weight is 288 g/mol. The molecule has 6 nitrogen and oxygen atoms in total. The third kappa shape index (κ3) is 3.81. The summed E-state index contributed by atoms with van der Waals surface area (Å²) in [5.41, 5.74) is 0.527. The first kappa shape index (κ1) is 15.0. The van der Waals surface area contributed by atoms with E-state index in [-0.39, 0.29) is 17.9 Å². The molecule has 1 amide bonds. The Morgan fingerprint density at radius 1 is 1.29 bits per heavy atom. The number of carbonyl (C=O) groups excluding carboxylic acids is 1. The molecule has 0 unspecified atom stereocenters. The number of nitrogens with one attached hydrogen (secondary N) is 1. The zero-order valence-electron chi connectivity index (χ0n) is 12.5. The van der Waals surface area contributed by atoms with E-state index in [1.165, 1.54) is 0 Å². The molecule has 0 saturated carbocycles. The standard InChI is InChI=1S/C15H20N4O2/c1-11(2)13(10-19-16-8-9-17-19)18-15(20)12-6-4-5-7-14(12)21-3/h4-9,11,13H,10H2,1-3H3,(H,18,20)/t13-/m1/s1. The molecule has 0 saturated heterocycles. The molecule has 0 radical (unpaired) electrons. The van der Waals surface area contributed by atoms with Crippen LogP contribution in [0.25, 0.3) is 0 Å². The predicted octanol–water partition coefficient (Wildman–Crippen LogP) is 1.74. The SMILES string of the molecule is COc1ccccc1C(=O)N[C@H](Cn1nccn1)C(C)C. The van der Waals surface area contributed by atoms with Crippen LogP contribution in [0.2, 0.25) is 0 Å². The maximum Gasteiger partial charge on any atom is 0.255 e. The van der Waals surface area contributed by atoms with Gasteiger partial charge in [-0.1, -0.05) is 26.0 Å². The summed E-state index contributed by atoms with van der Waals surface area (Å²) in [6, 6.07) is 7.11. The Hall–Kier alpha value is -2.37. The van der Waals surface area contributed by atoms with E-state index < -0.39 is 0 Å². The summed E-state index contributed by atoms with van der Waals surface area (Å²) in [4.78, 5) is 14.0. The van der Waals surface area contributed by atoms with Crippen LogP contribution in [0.1, 0.15) is 24.2 Å². The van der Waals surface area contributed by atoms with Crippen LogP contribution in [-0.2, 0) is 6.54 Å². The number of hydrogen-bond donors (Lipinski definition) is 1. The highest BCUT2D eigenvalue weighted by Gasteiger charge is 2.20. The quantitative estimate of drug-likeness (QED) is 0.879. The maximum atomic E-state index is 12.4. The van der Waals surface area contributed by atoms with Crippen molar-refractivity contribution in [1.82, 2.24) is 20.3 Å². The fraction of sp³-hybridized carbons (Fsp3) is 0.400. The van der Waals surface area contributed by atoms with Gasteiger partial charge >= 0.3 is 0 Å². The minimum atomic E-state index is -0.154. The molecule has 1 N–H and O–H groups in total. The largest absolute Gasteiger partial charge is 0.496 e. The van der Waals surface area contributed by atoms with Crippen molar-refractivity contribution in [1.29, 1.82) is 0 Å². The van der Waals surface area contributed by atoms with Crippen LogP contribution in [0.4, 0.5) is 0 Å². The molecule has 1 aromatic carbocycles. The summed E-state index contributed by atoms with van der Waals surface area (Å²) in [7, 11) is 1.56. The summed E-state index contributed by atoms with van der Waals surface area (Å²) in [5.74, 6) is 0.669. The monoisotopic (exact) mass is 288 g/mol. The predicted molar refractivity (Wildman–Crippen MR) is 79.1 cm³/mol. The molecule has 0 fully saturated rings. The van der Waals surface area contributed by atoms with E-state index in [0.29, 0.717) is 17.9 Å². The lowest BCUT2D eigenvalue weighted by Crippen LogP contribution is -2.42. The van der Waals surface area contributed by atoms with E-state index in [4.69, 9.17) is 4.74 Å². The molecular weight excluding hydrogens is 268 g/mol. The first-order valence-corrected chi connectivity index (χ1v) is 6.89. The van der Waals surface area contributed by atoms with Crippen molar-refractivity contribution in [2.45, 2.75) is 26.4 Å². The minimum Gasteiger partial charge on any atom is -0.496 e. The lowest BCUT2D eigenvalue weighted by atomic mass is 10.0. The van der Waals surface area contributed by atoms with Crippen molar-refractivity contribution in [3.63, 3.8) is 0 Å². The first-order valence-electron chi connectivity index (χ1n) is 6.89. The van der Waals surface area contributed by atoms with Crippen molar-refractivity contribution in [3.05, 3.63) is 42.2 Å². The Bertz CT molecular complexity index is 581. The molecule has 2 aromatic rings. The third-order valence-corrected chi connectivity index (χ3v) is 3.30. The van der Waals surface area contributed by atoms with Gasteiger partial charge in [0.15, 0.2) is 0 Å². The Kier molecular flexibility index (Phi) is 4.92. The van der Waals surface area contributed by atoms with Crippen LogP contribution in [-0.4, -0.2) is 34.1 Å². The van der Waals surface area contributed by atoms with E-state index in [9.17, 15) is 4.79 Å². The molecule has 6 heteroatoms. The normalized spacial score (nSPS) is 12.2. The van der Waals surface area contributed by atoms with Gasteiger partial charge in [0, 0.05) is 0 Å². The number of benzene rings is 1. The van der Waals surface area contributed by atoms with Gasteiger partial charge in [0.1, 0.15) is 5.75 Å². The van der Waals surface area contributed by atoms with Crippen molar-refractivity contribution >= 4 is 5.91 Å². The summed E-state index contributed by atoms with van der Waals surface area (Å²) < 4.78 is 5.22. The molecule has 1 heterocycles. The molecule has 1 atom stereocenters. The van der Waals surface area contributed by atoms with Crippen molar-refractivity contribution in [3.8, 4) is 5.75 Å². The van der Waals surface area contributed by atoms with Gasteiger partial charge in [-0.2, -0.15) is 15.0 Å². The highest BCUT2D eigenvalue weighted by Crippen LogP contribution is 2.17. The van der Waals surface area contributed by atoms with Gasteiger partial charge in [0.25, 0.3) is 5.91 Å². The number of rotatable bonds is 6. The molecule has 0 spiro atoms. The smallest absolute Gasteiger partial charge is 0.255 e. The van der Waals surface area contributed by atoms with Crippen LogP contribution in [0.5, 0.6) is 5.75 Å². The summed E-state index contributed by atoms with van der Waals surface area (Å²) >= 11 is 0. The van der Waals surface area contributed by atoms with E-state index in [1.807, 2.05) is 12.1 Å². The molecule has 2 rings (SSSR count). The highest BCUT2D eigenvalue weighted by molar-refractivity contribution is 5.97. The average Bonchev–Trinajstić information content (AvgIpc) is 2.99. The van der Waals surface area contributed by atoms with E-state index >= 15 is 0 Å². The van der Waals surface area contributed by atoms with Gasteiger partial charge in [-0.25, -0.2) is 0 Å². The number of amides is 1. The molecule has 0 aliphatic heterocycles. The molecule has 1 aromatic heterocycles. The van der Waals surface area contributed by atoms with Gasteiger partial charge in [-0.05, 0) is 18.1 Å². The number of ether oxygens (including phenoxy) is 1. The van der Waals surface area contributed by atoms with Crippen molar-refractivity contribution in [2.24, 2.45) is 5.92 Å². The van der Waals surface area contributed by atoms with Gasteiger partial charge in [0.05, 0.1) is 37.7 Å². The molecule has 21 heavy (non-hydrogen) atoms. The zero-order valence-corrected chi connectivity index (χ0v) is 12.5. The third-order valence-electron chi connectivity index (χ3n) is 3.30. The van der Waals surface area contributed by atoms with Crippen LogP contribution < -0.4 is 10.1 Å². The van der Waals surface area contributed by atoms with Gasteiger partial charge in [-0.15, -0.1) is 0 Å². The second-order valence-corrected chi connectivity index (χ2v) is 5.11. The van der Waals surface area contributed by atoms with Crippen LogP contribution in [0.15, 0.2) is 36.7 Å². The van der Waals surface area contributed by atoms with Crippen molar-refractivity contribution in [2.75, 3.05) is 7.11 Å². The fourth-order valence-electron chi connectivity index (χ4n) is 2.02. The van der Waals surface area contributed by atoms with Gasteiger partial charge < -0.3 is 10.1 Å².